The minimum Gasteiger partial charge on any atom is -0.464 e. The van der Waals surface area contributed by atoms with Crippen molar-refractivity contribution in [1.29, 1.82) is 0 Å². The van der Waals surface area contributed by atoms with Gasteiger partial charge in [0.05, 0.1) is 29.9 Å². The highest BCUT2D eigenvalue weighted by molar-refractivity contribution is 5.85. The van der Waals surface area contributed by atoms with Crippen LogP contribution in [-0.2, 0) is 7.05 Å². The first-order valence-corrected chi connectivity index (χ1v) is 10.5. The third-order valence-electron chi connectivity index (χ3n) is 5.55. The lowest BCUT2D eigenvalue weighted by molar-refractivity contribution is 0.613. The minimum atomic E-state index is 0.0363. The quantitative estimate of drug-likeness (QED) is 0.403. The standard InChI is InChI=1S/C25H24N6O/c1-15-14-32-24-6-5-19(9-21(15)24)23-11-25(30-17(3)29-23)28-16(2)18-7-8-26-22(10-18)20-12-27-31(4)13-20/h5-14,16H,1-4H3,(H,28,29,30)/t16-/m0/s1. The molecule has 0 aliphatic carbocycles. The van der Waals surface area contributed by atoms with Gasteiger partial charge >= 0.3 is 0 Å². The van der Waals surface area contributed by atoms with Crippen molar-refractivity contribution in [3.05, 3.63) is 78.2 Å². The summed E-state index contributed by atoms with van der Waals surface area (Å²) < 4.78 is 7.35. The molecule has 0 aliphatic rings. The Hall–Kier alpha value is -4.00. The summed E-state index contributed by atoms with van der Waals surface area (Å²) in [5.74, 6) is 1.50. The van der Waals surface area contributed by atoms with E-state index in [0.717, 1.165) is 50.4 Å². The zero-order chi connectivity index (χ0) is 22.2. The molecule has 7 nitrogen and oxygen atoms in total. The van der Waals surface area contributed by atoms with Gasteiger partial charge in [-0.25, -0.2) is 9.97 Å². The Morgan fingerprint density at radius 3 is 2.69 bits per heavy atom. The van der Waals surface area contributed by atoms with E-state index in [9.17, 15) is 0 Å². The van der Waals surface area contributed by atoms with Gasteiger partial charge in [-0.2, -0.15) is 5.10 Å². The normalized spacial score (nSPS) is 12.2. The molecule has 0 saturated heterocycles. The van der Waals surface area contributed by atoms with E-state index in [4.69, 9.17) is 4.42 Å². The number of nitrogens with one attached hydrogen (secondary N) is 1. The number of pyridine rings is 1. The fourth-order valence-electron chi connectivity index (χ4n) is 3.84. The van der Waals surface area contributed by atoms with Crippen molar-refractivity contribution in [3.8, 4) is 22.5 Å². The average Bonchev–Trinajstić information content (AvgIpc) is 3.39. The monoisotopic (exact) mass is 424 g/mol. The van der Waals surface area contributed by atoms with Gasteiger partial charge in [0, 0.05) is 42.0 Å². The Balaban J connectivity index is 1.43. The van der Waals surface area contributed by atoms with E-state index < -0.39 is 0 Å². The summed E-state index contributed by atoms with van der Waals surface area (Å²) in [4.78, 5) is 13.8. The summed E-state index contributed by atoms with van der Waals surface area (Å²) in [7, 11) is 1.90. The van der Waals surface area contributed by atoms with Crippen molar-refractivity contribution >= 4 is 16.8 Å². The zero-order valence-electron chi connectivity index (χ0n) is 18.5. The van der Waals surface area contributed by atoms with E-state index in [1.54, 1.807) is 10.9 Å². The maximum atomic E-state index is 5.58. The molecule has 160 valence electrons. The lowest BCUT2D eigenvalue weighted by Crippen LogP contribution is -2.09. The molecule has 1 atom stereocenters. The first kappa shape index (κ1) is 19.9. The maximum Gasteiger partial charge on any atom is 0.134 e. The molecule has 5 aromatic rings. The number of furan rings is 1. The van der Waals surface area contributed by atoms with Crippen molar-refractivity contribution in [2.75, 3.05) is 5.32 Å². The molecule has 0 fully saturated rings. The van der Waals surface area contributed by atoms with Gasteiger partial charge in [0.15, 0.2) is 0 Å². The zero-order valence-corrected chi connectivity index (χ0v) is 18.5. The molecule has 0 aliphatic heterocycles. The number of nitrogens with zero attached hydrogens (tertiary/aromatic N) is 5. The van der Waals surface area contributed by atoms with E-state index in [-0.39, 0.29) is 6.04 Å². The molecule has 4 heterocycles. The van der Waals surface area contributed by atoms with E-state index in [1.807, 2.05) is 63.8 Å². The molecular weight excluding hydrogens is 400 g/mol. The Labute approximate surface area is 186 Å². The van der Waals surface area contributed by atoms with Gasteiger partial charge in [0.2, 0.25) is 0 Å². The molecule has 0 unspecified atom stereocenters. The number of hydrogen-bond donors (Lipinski definition) is 1. The lowest BCUT2D eigenvalue weighted by Gasteiger charge is -2.16. The van der Waals surface area contributed by atoms with Crippen LogP contribution >= 0.6 is 0 Å². The number of aromatic nitrogens is 5. The molecule has 1 N–H and O–H groups in total. The molecule has 1 aromatic carbocycles. The van der Waals surface area contributed by atoms with Crippen LogP contribution in [-0.4, -0.2) is 24.7 Å². The number of rotatable bonds is 5. The van der Waals surface area contributed by atoms with Crippen LogP contribution in [0.3, 0.4) is 0 Å². The van der Waals surface area contributed by atoms with E-state index in [2.05, 4.69) is 44.4 Å². The first-order valence-electron chi connectivity index (χ1n) is 10.5. The number of aryl methyl sites for hydroxylation is 3. The van der Waals surface area contributed by atoms with E-state index in [0.29, 0.717) is 5.82 Å². The van der Waals surface area contributed by atoms with Crippen LogP contribution in [0.4, 0.5) is 5.82 Å². The summed E-state index contributed by atoms with van der Waals surface area (Å²) in [6.07, 6.45) is 7.39. The molecule has 32 heavy (non-hydrogen) atoms. The van der Waals surface area contributed by atoms with Gasteiger partial charge in [0.25, 0.3) is 0 Å². The van der Waals surface area contributed by atoms with Crippen LogP contribution in [0.5, 0.6) is 0 Å². The molecule has 0 bridgehead atoms. The Bertz CT molecular complexity index is 1420. The van der Waals surface area contributed by atoms with Crippen LogP contribution in [0.25, 0.3) is 33.5 Å². The van der Waals surface area contributed by atoms with Crippen LogP contribution in [0.1, 0.15) is 29.9 Å². The Morgan fingerprint density at radius 2 is 1.88 bits per heavy atom. The minimum absolute atomic E-state index is 0.0363. The number of benzene rings is 1. The fraction of sp³-hybridized carbons (Fsp3) is 0.200. The predicted molar refractivity (Wildman–Crippen MR) is 125 cm³/mol. The van der Waals surface area contributed by atoms with Gasteiger partial charge in [-0.15, -0.1) is 0 Å². The van der Waals surface area contributed by atoms with Crippen molar-refractivity contribution in [3.63, 3.8) is 0 Å². The van der Waals surface area contributed by atoms with E-state index in [1.165, 1.54) is 0 Å². The second kappa shape index (κ2) is 7.92. The second-order valence-corrected chi connectivity index (χ2v) is 8.06. The van der Waals surface area contributed by atoms with Crippen molar-refractivity contribution in [2.45, 2.75) is 26.8 Å². The molecule has 7 heteroatoms. The highest BCUT2D eigenvalue weighted by Crippen LogP contribution is 2.29. The largest absolute Gasteiger partial charge is 0.464 e. The molecule has 0 saturated carbocycles. The predicted octanol–water partition coefficient (Wildman–Crippen LogP) is 5.48. The summed E-state index contributed by atoms with van der Waals surface area (Å²) in [6, 6.07) is 12.3. The van der Waals surface area contributed by atoms with Crippen LogP contribution in [0.2, 0.25) is 0 Å². The second-order valence-electron chi connectivity index (χ2n) is 8.06. The summed E-state index contributed by atoms with van der Waals surface area (Å²) in [5.41, 5.74) is 6.91. The summed E-state index contributed by atoms with van der Waals surface area (Å²) >= 11 is 0. The Kier molecular flexibility index (Phi) is 4.93. The fourth-order valence-corrected chi connectivity index (χ4v) is 3.84. The maximum absolute atomic E-state index is 5.58. The molecule has 5 rings (SSSR count). The van der Waals surface area contributed by atoms with Crippen molar-refractivity contribution in [1.82, 2.24) is 24.7 Å². The molecule has 4 aromatic heterocycles. The average molecular weight is 425 g/mol. The molecule has 0 radical (unpaired) electrons. The summed E-state index contributed by atoms with van der Waals surface area (Å²) in [6.45, 7) is 6.07. The van der Waals surface area contributed by atoms with E-state index >= 15 is 0 Å². The van der Waals surface area contributed by atoms with Gasteiger partial charge in [-0.3, -0.25) is 9.67 Å². The van der Waals surface area contributed by atoms with Gasteiger partial charge in [0.1, 0.15) is 17.2 Å². The highest BCUT2D eigenvalue weighted by Gasteiger charge is 2.12. The molecule has 0 spiro atoms. The van der Waals surface area contributed by atoms with Crippen LogP contribution in [0.15, 0.2) is 65.7 Å². The van der Waals surface area contributed by atoms with Gasteiger partial charge in [-0.1, -0.05) is 0 Å². The first-order chi connectivity index (χ1) is 15.5. The number of anilines is 1. The lowest BCUT2D eigenvalue weighted by atomic mass is 10.1. The third kappa shape index (κ3) is 3.85. The third-order valence-corrected chi connectivity index (χ3v) is 5.55. The van der Waals surface area contributed by atoms with Gasteiger partial charge < -0.3 is 9.73 Å². The van der Waals surface area contributed by atoms with Gasteiger partial charge in [-0.05, 0) is 62.2 Å². The summed E-state index contributed by atoms with van der Waals surface area (Å²) in [5, 5.41) is 8.86. The number of hydrogen-bond acceptors (Lipinski definition) is 6. The number of fused-ring (bicyclic) bond motifs is 1. The smallest absolute Gasteiger partial charge is 0.134 e. The molecular formula is C25H24N6O. The highest BCUT2D eigenvalue weighted by atomic mass is 16.3. The van der Waals surface area contributed by atoms with Crippen molar-refractivity contribution in [2.24, 2.45) is 7.05 Å². The van der Waals surface area contributed by atoms with Crippen LogP contribution < -0.4 is 5.32 Å². The Morgan fingerprint density at radius 1 is 1.00 bits per heavy atom. The topological polar surface area (TPSA) is 81.7 Å². The SMILES string of the molecule is Cc1nc(N[C@@H](C)c2ccnc(-c3cnn(C)c3)c2)cc(-c2ccc3occ(C)c3c2)n1. The van der Waals surface area contributed by atoms with Crippen molar-refractivity contribution < 1.29 is 4.42 Å². The van der Waals surface area contributed by atoms with Crippen LogP contribution in [0, 0.1) is 13.8 Å². The molecule has 0 amide bonds.